The van der Waals surface area contributed by atoms with Crippen LogP contribution in [0.1, 0.15) is 20.3 Å². The third kappa shape index (κ3) is 3.52. The molecule has 0 aromatic heterocycles. The molecule has 0 spiro atoms. The van der Waals surface area contributed by atoms with Crippen molar-refractivity contribution < 1.29 is 0 Å². The maximum atomic E-state index is 3.48. The smallest absolute Gasteiger partial charge is 0.0404 e. The van der Waals surface area contributed by atoms with Crippen LogP contribution in [-0.4, -0.2) is 6.04 Å². The van der Waals surface area contributed by atoms with Crippen LogP contribution in [0.2, 0.25) is 0 Å². The van der Waals surface area contributed by atoms with Crippen LogP contribution in [0.5, 0.6) is 0 Å². The molecule has 0 radical (unpaired) electrons. The molecule has 2 N–H and O–H groups in total. The molecular weight excluding hydrogens is 220 g/mol. The summed E-state index contributed by atoms with van der Waals surface area (Å²) in [5, 5.41) is 6.87. The van der Waals surface area contributed by atoms with Crippen molar-refractivity contribution in [2.75, 3.05) is 10.6 Å². The minimum absolute atomic E-state index is 0.497. The minimum Gasteiger partial charge on any atom is -0.383 e. The Morgan fingerprint density at radius 2 is 1.56 bits per heavy atom. The van der Waals surface area contributed by atoms with Gasteiger partial charge in [-0.25, -0.2) is 0 Å². The van der Waals surface area contributed by atoms with Crippen LogP contribution in [-0.2, 0) is 0 Å². The first kappa shape index (κ1) is 12.5. The maximum Gasteiger partial charge on any atom is 0.0404 e. The van der Waals surface area contributed by atoms with Crippen molar-refractivity contribution in [1.29, 1.82) is 0 Å². The van der Waals surface area contributed by atoms with Gasteiger partial charge in [0, 0.05) is 23.1 Å². The van der Waals surface area contributed by atoms with Gasteiger partial charge in [0.2, 0.25) is 0 Å². The second-order valence-corrected chi connectivity index (χ2v) is 4.53. The van der Waals surface area contributed by atoms with Crippen LogP contribution in [0, 0.1) is 0 Å². The largest absolute Gasteiger partial charge is 0.383 e. The van der Waals surface area contributed by atoms with Crippen LogP contribution < -0.4 is 10.6 Å². The van der Waals surface area contributed by atoms with Crippen molar-refractivity contribution in [1.82, 2.24) is 0 Å². The Morgan fingerprint density at radius 1 is 0.889 bits per heavy atom. The Bertz CT molecular complexity index is 479. The molecule has 0 aliphatic heterocycles. The normalized spacial score (nSPS) is 11.9. The van der Waals surface area contributed by atoms with Crippen LogP contribution in [0.4, 0.5) is 17.1 Å². The fraction of sp³-hybridized carbons (Fsp3) is 0.250. The fourth-order valence-electron chi connectivity index (χ4n) is 1.76. The quantitative estimate of drug-likeness (QED) is 0.795. The van der Waals surface area contributed by atoms with Gasteiger partial charge in [0.25, 0.3) is 0 Å². The zero-order valence-electron chi connectivity index (χ0n) is 11.0. The van der Waals surface area contributed by atoms with E-state index in [0.717, 1.165) is 23.5 Å². The van der Waals surface area contributed by atoms with E-state index >= 15 is 0 Å². The zero-order chi connectivity index (χ0) is 12.8. The Morgan fingerprint density at radius 3 is 2.28 bits per heavy atom. The first-order chi connectivity index (χ1) is 8.78. The first-order valence-electron chi connectivity index (χ1n) is 6.46. The predicted molar refractivity (Wildman–Crippen MR) is 79.5 cm³/mol. The van der Waals surface area contributed by atoms with E-state index in [0.29, 0.717) is 6.04 Å². The second kappa shape index (κ2) is 6.10. The van der Waals surface area contributed by atoms with Gasteiger partial charge >= 0.3 is 0 Å². The van der Waals surface area contributed by atoms with E-state index < -0.39 is 0 Å². The fourth-order valence-corrected chi connectivity index (χ4v) is 1.76. The molecule has 0 aliphatic rings. The van der Waals surface area contributed by atoms with Crippen molar-refractivity contribution in [3.63, 3.8) is 0 Å². The molecule has 0 saturated carbocycles. The van der Waals surface area contributed by atoms with E-state index in [4.69, 9.17) is 0 Å². The Hall–Kier alpha value is -1.96. The molecule has 0 aliphatic carbocycles. The highest BCUT2D eigenvalue weighted by molar-refractivity contribution is 5.64. The summed E-state index contributed by atoms with van der Waals surface area (Å²) in [6.07, 6.45) is 1.12. The molecule has 94 valence electrons. The molecule has 0 amide bonds. The molecule has 2 rings (SSSR count). The molecule has 18 heavy (non-hydrogen) atoms. The maximum absolute atomic E-state index is 3.48. The van der Waals surface area contributed by atoms with Crippen molar-refractivity contribution in [2.24, 2.45) is 0 Å². The van der Waals surface area contributed by atoms with E-state index in [2.05, 4.69) is 60.9 Å². The number of nitrogens with one attached hydrogen (secondary N) is 2. The van der Waals surface area contributed by atoms with Crippen LogP contribution in [0.3, 0.4) is 0 Å². The molecule has 2 aromatic carbocycles. The molecule has 2 nitrogen and oxygen atoms in total. The van der Waals surface area contributed by atoms with Gasteiger partial charge in [-0.3, -0.25) is 0 Å². The number of hydrogen-bond acceptors (Lipinski definition) is 2. The van der Waals surface area contributed by atoms with E-state index in [1.54, 1.807) is 0 Å². The summed E-state index contributed by atoms with van der Waals surface area (Å²) in [7, 11) is 0. The number of para-hydroxylation sites is 1. The lowest BCUT2D eigenvalue weighted by Crippen LogP contribution is -2.13. The van der Waals surface area contributed by atoms with Gasteiger partial charge in [0.05, 0.1) is 0 Å². The van der Waals surface area contributed by atoms with E-state index in [9.17, 15) is 0 Å². The lowest BCUT2D eigenvalue weighted by molar-refractivity contribution is 0.764. The average molecular weight is 240 g/mol. The van der Waals surface area contributed by atoms with Crippen molar-refractivity contribution >= 4 is 17.1 Å². The molecule has 1 unspecified atom stereocenters. The summed E-state index contributed by atoms with van der Waals surface area (Å²) in [5.74, 6) is 0. The molecule has 1 atom stereocenters. The van der Waals surface area contributed by atoms with E-state index in [1.807, 2.05) is 18.2 Å². The Kier molecular flexibility index (Phi) is 4.24. The minimum atomic E-state index is 0.497. The highest BCUT2D eigenvalue weighted by Gasteiger charge is 2.00. The highest BCUT2D eigenvalue weighted by Crippen LogP contribution is 2.20. The SMILES string of the molecule is CCC(C)Nc1cccc(Nc2ccccc2)c1. The van der Waals surface area contributed by atoms with Gasteiger partial charge < -0.3 is 10.6 Å². The van der Waals surface area contributed by atoms with Gasteiger partial charge in [0.15, 0.2) is 0 Å². The number of benzene rings is 2. The van der Waals surface area contributed by atoms with Crippen molar-refractivity contribution in [2.45, 2.75) is 26.3 Å². The summed E-state index contributed by atoms with van der Waals surface area (Å²) in [6.45, 7) is 4.38. The average Bonchev–Trinajstić information content (AvgIpc) is 2.40. The standard InChI is InChI=1S/C16H20N2/c1-3-13(2)17-15-10-7-11-16(12-15)18-14-8-5-4-6-9-14/h4-13,17-18H,3H2,1-2H3. The molecule has 0 fully saturated rings. The lowest BCUT2D eigenvalue weighted by atomic mass is 10.2. The Balaban J connectivity index is 2.08. The van der Waals surface area contributed by atoms with Crippen molar-refractivity contribution in [3.05, 3.63) is 54.6 Å². The van der Waals surface area contributed by atoms with Gasteiger partial charge in [-0.1, -0.05) is 31.2 Å². The number of anilines is 3. The summed E-state index contributed by atoms with van der Waals surface area (Å²) in [5.41, 5.74) is 3.37. The topological polar surface area (TPSA) is 24.1 Å². The summed E-state index contributed by atoms with van der Waals surface area (Å²) in [6, 6.07) is 19.1. The highest BCUT2D eigenvalue weighted by atomic mass is 14.9. The molecule has 2 aromatic rings. The number of hydrogen-bond donors (Lipinski definition) is 2. The van der Waals surface area contributed by atoms with Gasteiger partial charge in [-0.15, -0.1) is 0 Å². The third-order valence-corrected chi connectivity index (χ3v) is 2.95. The summed E-state index contributed by atoms with van der Waals surface area (Å²) >= 11 is 0. The summed E-state index contributed by atoms with van der Waals surface area (Å²) in [4.78, 5) is 0. The zero-order valence-corrected chi connectivity index (χ0v) is 11.0. The molecule has 0 saturated heterocycles. The monoisotopic (exact) mass is 240 g/mol. The second-order valence-electron chi connectivity index (χ2n) is 4.53. The first-order valence-corrected chi connectivity index (χ1v) is 6.46. The third-order valence-electron chi connectivity index (χ3n) is 2.95. The Labute approximate surface area is 109 Å². The van der Waals surface area contributed by atoms with Crippen LogP contribution in [0.15, 0.2) is 54.6 Å². The molecule has 0 heterocycles. The molecule has 2 heteroatoms. The lowest BCUT2D eigenvalue weighted by Gasteiger charge is -2.14. The van der Waals surface area contributed by atoms with Gasteiger partial charge in [-0.05, 0) is 43.7 Å². The number of rotatable bonds is 5. The van der Waals surface area contributed by atoms with E-state index in [1.165, 1.54) is 0 Å². The van der Waals surface area contributed by atoms with Crippen molar-refractivity contribution in [3.8, 4) is 0 Å². The van der Waals surface area contributed by atoms with Gasteiger partial charge in [-0.2, -0.15) is 0 Å². The summed E-state index contributed by atoms with van der Waals surface area (Å²) < 4.78 is 0. The molecule has 0 bridgehead atoms. The van der Waals surface area contributed by atoms with E-state index in [-0.39, 0.29) is 0 Å². The molecular formula is C16H20N2. The van der Waals surface area contributed by atoms with Gasteiger partial charge in [0.1, 0.15) is 0 Å². The van der Waals surface area contributed by atoms with Crippen LogP contribution in [0.25, 0.3) is 0 Å². The van der Waals surface area contributed by atoms with Crippen LogP contribution >= 0.6 is 0 Å². The predicted octanol–water partition coefficient (Wildman–Crippen LogP) is 4.64.